The Hall–Kier alpha value is -1.11. The summed E-state index contributed by atoms with van der Waals surface area (Å²) in [6.45, 7) is 1.41. The van der Waals surface area contributed by atoms with Crippen LogP contribution in [0.2, 0.25) is 5.22 Å². The Kier molecular flexibility index (Phi) is 4.44. The highest BCUT2D eigenvalue weighted by Gasteiger charge is 2.22. The summed E-state index contributed by atoms with van der Waals surface area (Å²) in [5.74, 6) is -0.207. The van der Waals surface area contributed by atoms with Gasteiger partial charge in [-0.2, -0.15) is 5.10 Å². The number of hydrogen-bond acceptors (Lipinski definition) is 4. The molecule has 0 saturated carbocycles. The maximum absolute atomic E-state index is 12.4. The average molecular weight is 347 g/mol. The molecule has 0 aliphatic heterocycles. The van der Waals surface area contributed by atoms with Gasteiger partial charge in [-0.25, -0.2) is 0 Å². The van der Waals surface area contributed by atoms with Gasteiger partial charge in [0.25, 0.3) is 0 Å². The van der Waals surface area contributed by atoms with E-state index in [0.29, 0.717) is 22.3 Å². The zero-order chi connectivity index (χ0) is 14.0. The molecule has 0 bridgehead atoms. The Morgan fingerprint density at radius 3 is 2.89 bits per heavy atom. The number of likely N-dealkylation sites (N-methyl/N-ethyl adjacent to an activating group) is 1. The summed E-state index contributed by atoms with van der Waals surface area (Å²) in [6.07, 6.45) is 3.00. The smallest absolute Gasteiger partial charge is 0.217 e. The second kappa shape index (κ2) is 5.90. The summed E-state index contributed by atoms with van der Waals surface area (Å²) >= 11 is 9.19. The molecule has 0 saturated heterocycles. The summed E-state index contributed by atoms with van der Waals surface area (Å²) in [5, 5.41) is 4.29. The number of carbonyl (C=O) groups excluding carboxylic acids is 1. The summed E-state index contributed by atoms with van der Waals surface area (Å²) in [4.78, 5) is 14.4. The molecule has 0 amide bonds. The highest BCUT2D eigenvalue weighted by atomic mass is 79.9. The van der Waals surface area contributed by atoms with E-state index in [2.05, 4.69) is 21.0 Å². The minimum atomic E-state index is -0.207. The zero-order valence-electron chi connectivity index (χ0n) is 10.6. The Morgan fingerprint density at radius 1 is 1.58 bits per heavy atom. The number of ketones is 1. The molecular formula is C12H13BrClN3O2. The van der Waals surface area contributed by atoms with Crippen molar-refractivity contribution in [3.63, 3.8) is 0 Å². The topological polar surface area (TPSA) is 51.3 Å². The first-order valence-electron chi connectivity index (χ1n) is 5.64. The Labute approximate surface area is 124 Å². The second-order valence-electron chi connectivity index (χ2n) is 4.30. The van der Waals surface area contributed by atoms with Gasteiger partial charge in [-0.1, -0.05) is 0 Å². The maximum atomic E-state index is 12.4. The van der Waals surface area contributed by atoms with E-state index in [9.17, 15) is 4.79 Å². The molecule has 0 fully saturated rings. The SMILES string of the molecule is CN(C)CCn1ncc(Br)c1C(=O)c1ccoc1Cl. The molecular weight excluding hydrogens is 334 g/mol. The van der Waals surface area contributed by atoms with Crippen molar-refractivity contribution in [3.8, 4) is 0 Å². The van der Waals surface area contributed by atoms with Crippen molar-refractivity contribution in [1.82, 2.24) is 14.7 Å². The van der Waals surface area contributed by atoms with Crippen LogP contribution in [0.4, 0.5) is 0 Å². The van der Waals surface area contributed by atoms with Crippen LogP contribution in [0.1, 0.15) is 16.1 Å². The lowest BCUT2D eigenvalue weighted by atomic mass is 10.1. The first-order chi connectivity index (χ1) is 9.00. The van der Waals surface area contributed by atoms with Gasteiger partial charge in [-0.05, 0) is 47.7 Å². The summed E-state index contributed by atoms with van der Waals surface area (Å²) in [7, 11) is 3.93. The highest BCUT2D eigenvalue weighted by Crippen LogP contribution is 2.24. The fourth-order valence-electron chi connectivity index (χ4n) is 1.64. The van der Waals surface area contributed by atoms with Crippen LogP contribution in [-0.2, 0) is 6.54 Å². The fraction of sp³-hybridized carbons (Fsp3) is 0.333. The molecule has 2 rings (SSSR count). The predicted molar refractivity (Wildman–Crippen MR) is 75.6 cm³/mol. The van der Waals surface area contributed by atoms with Crippen molar-refractivity contribution >= 4 is 33.3 Å². The van der Waals surface area contributed by atoms with Crippen LogP contribution >= 0.6 is 27.5 Å². The van der Waals surface area contributed by atoms with E-state index in [1.807, 2.05) is 19.0 Å². The number of hydrogen-bond donors (Lipinski definition) is 0. The number of nitrogens with zero attached hydrogens (tertiary/aromatic N) is 3. The largest absolute Gasteiger partial charge is 0.452 e. The molecule has 2 aromatic heterocycles. The third-order valence-electron chi connectivity index (χ3n) is 2.63. The Bertz CT molecular complexity index is 592. The standard InChI is InChI=1S/C12H13BrClN3O2/c1-16(2)4-5-17-10(9(13)7-15-17)11(18)8-3-6-19-12(8)14/h3,6-7H,4-5H2,1-2H3. The van der Waals surface area contributed by atoms with Crippen molar-refractivity contribution < 1.29 is 9.21 Å². The third-order valence-corrected chi connectivity index (χ3v) is 3.50. The normalized spacial score (nSPS) is 11.2. The molecule has 0 unspecified atom stereocenters. The van der Waals surface area contributed by atoms with Gasteiger partial charge in [0.2, 0.25) is 11.0 Å². The van der Waals surface area contributed by atoms with Crippen molar-refractivity contribution in [1.29, 1.82) is 0 Å². The quantitative estimate of drug-likeness (QED) is 0.781. The zero-order valence-corrected chi connectivity index (χ0v) is 12.9. The van der Waals surface area contributed by atoms with Crippen LogP contribution < -0.4 is 0 Å². The molecule has 0 spiro atoms. The first-order valence-corrected chi connectivity index (χ1v) is 6.81. The van der Waals surface area contributed by atoms with E-state index in [4.69, 9.17) is 16.0 Å². The number of aromatic nitrogens is 2. The van der Waals surface area contributed by atoms with Crippen LogP contribution in [0.15, 0.2) is 27.4 Å². The van der Waals surface area contributed by atoms with Gasteiger partial charge in [0.1, 0.15) is 5.69 Å². The molecule has 0 N–H and O–H groups in total. The third kappa shape index (κ3) is 3.08. The molecule has 0 aliphatic carbocycles. The molecule has 2 aromatic rings. The monoisotopic (exact) mass is 345 g/mol. The lowest BCUT2D eigenvalue weighted by Crippen LogP contribution is -2.21. The van der Waals surface area contributed by atoms with Crippen molar-refractivity contribution in [2.24, 2.45) is 0 Å². The van der Waals surface area contributed by atoms with Gasteiger partial charge in [-0.3, -0.25) is 9.48 Å². The van der Waals surface area contributed by atoms with Crippen molar-refractivity contribution in [2.75, 3.05) is 20.6 Å². The Morgan fingerprint density at radius 2 is 2.32 bits per heavy atom. The summed E-state index contributed by atoms with van der Waals surface area (Å²) < 4.78 is 7.26. The fourth-order valence-corrected chi connectivity index (χ4v) is 2.31. The van der Waals surface area contributed by atoms with E-state index in [1.54, 1.807) is 16.9 Å². The summed E-state index contributed by atoms with van der Waals surface area (Å²) in [6, 6.07) is 1.56. The van der Waals surface area contributed by atoms with Gasteiger partial charge in [0.05, 0.1) is 29.0 Å². The number of furan rings is 1. The van der Waals surface area contributed by atoms with Crippen LogP contribution in [0.5, 0.6) is 0 Å². The molecule has 2 heterocycles. The lowest BCUT2D eigenvalue weighted by Gasteiger charge is -2.11. The predicted octanol–water partition coefficient (Wildman–Crippen LogP) is 2.68. The number of rotatable bonds is 5. The van der Waals surface area contributed by atoms with Crippen LogP contribution in [0.3, 0.4) is 0 Å². The van der Waals surface area contributed by atoms with Gasteiger partial charge in [0.15, 0.2) is 0 Å². The Balaban J connectivity index is 2.31. The van der Waals surface area contributed by atoms with Crippen molar-refractivity contribution in [2.45, 2.75) is 6.54 Å². The second-order valence-corrected chi connectivity index (χ2v) is 5.50. The van der Waals surface area contributed by atoms with Crippen molar-refractivity contribution in [3.05, 3.63) is 39.5 Å². The van der Waals surface area contributed by atoms with E-state index < -0.39 is 0 Å². The first kappa shape index (κ1) is 14.3. The molecule has 5 nitrogen and oxygen atoms in total. The molecule has 0 aliphatic rings. The molecule has 19 heavy (non-hydrogen) atoms. The number of carbonyl (C=O) groups is 1. The lowest BCUT2D eigenvalue weighted by molar-refractivity contribution is 0.102. The van der Waals surface area contributed by atoms with E-state index in [0.717, 1.165) is 6.54 Å². The molecule has 0 radical (unpaired) electrons. The number of halogens is 2. The minimum absolute atomic E-state index is 0.0947. The summed E-state index contributed by atoms with van der Waals surface area (Å²) in [5.41, 5.74) is 0.819. The average Bonchev–Trinajstić information content (AvgIpc) is 2.92. The van der Waals surface area contributed by atoms with Crippen LogP contribution in [0.25, 0.3) is 0 Å². The maximum Gasteiger partial charge on any atom is 0.217 e. The molecule has 0 aromatic carbocycles. The minimum Gasteiger partial charge on any atom is -0.452 e. The molecule has 102 valence electrons. The molecule has 7 heteroatoms. The van der Waals surface area contributed by atoms with Crippen LogP contribution in [-0.4, -0.2) is 41.1 Å². The van der Waals surface area contributed by atoms with Gasteiger partial charge >= 0.3 is 0 Å². The van der Waals surface area contributed by atoms with E-state index in [-0.39, 0.29) is 11.0 Å². The highest BCUT2D eigenvalue weighted by molar-refractivity contribution is 9.10. The van der Waals surface area contributed by atoms with E-state index in [1.165, 1.54) is 6.26 Å². The van der Waals surface area contributed by atoms with Gasteiger partial charge in [0, 0.05) is 6.54 Å². The van der Waals surface area contributed by atoms with E-state index >= 15 is 0 Å². The molecule has 0 atom stereocenters. The van der Waals surface area contributed by atoms with Gasteiger partial charge in [-0.15, -0.1) is 0 Å². The van der Waals surface area contributed by atoms with Gasteiger partial charge < -0.3 is 9.32 Å². The van der Waals surface area contributed by atoms with Crippen LogP contribution in [0, 0.1) is 0 Å².